The Kier molecular flexibility index (Phi) is 4.21. The van der Waals surface area contributed by atoms with Crippen molar-refractivity contribution in [1.82, 2.24) is 9.88 Å². The number of hydrogen-bond donors (Lipinski definition) is 1. The zero-order valence-electron chi connectivity index (χ0n) is 14.6. The van der Waals surface area contributed by atoms with Crippen molar-refractivity contribution in [2.45, 2.75) is 18.9 Å². The molecular weight excluding hydrogens is 328 g/mol. The molecular formula is C21H20N2O3. The first-order chi connectivity index (χ1) is 12.7. The second-order valence-corrected chi connectivity index (χ2v) is 6.56. The molecule has 1 aromatic heterocycles. The van der Waals surface area contributed by atoms with Crippen molar-refractivity contribution in [3.8, 4) is 0 Å². The Morgan fingerprint density at radius 3 is 2.81 bits per heavy atom. The fraction of sp³-hybridized carbons (Fsp3) is 0.238. The maximum absolute atomic E-state index is 12.9. The average Bonchev–Trinajstić information content (AvgIpc) is 3.35. The van der Waals surface area contributed by atoms with Crippen LogP contribution in [0.15, 0.2) is 54.7 Å². The summed E-state index contributed by atoms with van der Waals surface area (Å²) in [4.78, 5) is 29.8. The van der Waals surface area contributed by atoms with Crippen LogP contribution in [-0.2, 0) is 4.74 Å². The highest BCUT2D eigenvalue weighted by Gasteiger charge is 2.30. The molecule has 2 aromatic carbocycles. The highest BCUT2D eigenvalue weighted by molar-refractivity contribution is 6.10. The largest absolute Gasteiger partial charge is 0.453 e. The third-order valence-corrected chi connectivity index (χ3v) is 5.01. The Labute approximate surface area is 151 Å². The van der Waals surface area contributed by atoms with E-state index in [1.165, 1.54) is 7.11 Å². The van der Waals surface area contributed by atoms with Crippen LogP contribution >= 0.6 is 0 Å². The van der Waals surface area contributed by atoms with Gasteiger partial charge in [0.25, 0.3) is 0 Å². The monoisotopic (exact) mass is 348 g/mol. The van der Waals surface area contributed by atoms with Crippen LogP contribution in [0, 0.1) is 0 Å². The number of rotatable bonds is 3. The maximum Gasteiger partial charge on any atom is 0.409 e. The minimum atomic E-state index is -0.317. The first kappa shape index (κ1) is 16.4. The van der Waals surface area contributed by atoms with Gasteiger partial charge in [-0.25, -0.2) is 4.79 Å². The van der Waals surface area contributed by atoms with E-state index in [-0.39, 0.29) is 17.9 Å². The van der Waals surface area contributed by atoms with Crippen LogP contribution in [0.4, 0.5) is 4.79 Å². The molecule has 0 saturated carbocycles. The van der Waals surface area contributed by atoms with Gasteiger partial charge < -0.3 is 14.6 Å². The second-order valence-electron chi connectivity index (χ2n) is 6.56. The molecule has 1 saturated heterocycles. The molecule has 1 atom stereocenters. The number of carbonyl (C=O) groups is 2. The summed E-state index contributed by atoms with van der Waals surface area (Å²) in [5.74, 6) is -0.0161. The lowest BCUT2D eigenvalue weighted by Crippen LogP contribution is -2.30. The van der Waals surface area contributed by atoms with Crippen molar-refractivity contribution < 1.29 is 14.3 Å². The molecule has 0 bridgehead atoms. The Morgan fingerprint density at radius 1 is 1.12 bits per heavy atom. The quantitative estimate of drug-likeness (QED) is 0.718. The van der Waals surface area contributed by atoms with Gasteiger partial charge in [-0.05, 0) is 48.7 Å². The summed E-state index contributed by atoms with van der Waals surface area (Å²) >= 11 is 0. The Bertz CT molecular complexity index is 976. The Hall–Kier alpha value is -3.08. The summed E-state index contributed by atoms with van der Waals surface area (Å²) < 4.78 is 4.88. The smallest absolute Gasteiger partial charge is 0.409 e. The topological polar surface area (TPSA) is 62.4 Å². The third kappa shape index (κ3) is 2.86. The van der Waals surface area contributed by atoms with Gasteiger partial charge in [0.05, 0.1) is 13.2 Å². The van der Waals surface area contributed by atoms with Gasteiger partial charge in [0.1, 0.15) is 0 Å². The molecule has 1 amide bonds. The number of carbonyl (C=O) groups excluding carboxylic acids is 2. The van der Waals surface area contributed by atoms with Gasteiger partial charge in [0.15, 0.2) is 5.78 Å². The van der Waals surface area contributed by atoms with E-state index in [0.717, 1.165) is 29.3 Å². The van der Waals surface area contributed by atoms with E-state index in [0.29, 0.717) is 17.7 Å². The molecule has 3 aromatic rings. The maximum atomic E-state index is 12.9. The van der Waals surface area contributed by atoms with Crippen molar-refractivity contribution in [1.29, 1.82) is 0 Å². The number of nitrogens with one attached hydrogen (secondary N) is 1. The van der Waals surface area contributed by atoms with Crippen LogP contribution < -0.4 is 0 Å². The zero-order chi connectivity index (χ0) is 18.1. The van der Waals surface area contributed by atoms with Gasteiger partial charge in [0.2, 0.25) is 0 Å². The first-order valence-electron chi connectivity index (χ1n) is 8.74. The van der Waals surface area contributed by atoms with Crippen LogP contribution in [0.1, 0.15) is 40.4 Å². The number of hydrogen-bond acceptors (Lipinski definition) is 3. The van der Waals surface area contributed by atoms with E-state index in [1.54, 1.807) is 4.90 Å². The first-order valence-corrected chi connectivity index (χ1v) is 8.74. The summed E-state index contributed by atoms with van der Waals surface area (Å²) in [7, 11) is 1.40. The van der Waals surface area contributed by atoms with Crippen molar-refractivity contribution in [3.05, 3.63) is 71.4 Å². The van der Waals surface area contributed by atoms with Crippen molar-refractivity contribution in [2.24, 2.45) is 0 Å². The zero-order valence-corrected chi connectivity index (χ0v) is 14.6. The Balaban J connectivity index is 1.64. The summed E-state index contributed by atoms with van der Waals surface area (Å²) in [6.07, 6.45) is 3.35. The van der Waals surface area contributed by atoms with E-state index >= 15 is 0 Å². The minimum Gasteiger partial charge on any atom is -0.453 e. The number of likely N-dealkylation sites (tertiary alicyclic amines) is 1. The number of aromatic amines is 1. The summed E-state index contributed by atoms with van der Waals surface area (Å²) in [5, 5.41) is 1.01. The number of ether oxygens (including phenoxy) is 1. The average molecular weight is 348 g/mol. The van der Waals surface area contributed by atoms with Crippen LogP contribution in [0.25, 0.3) is 10.9 Å². The SMILES string of the molecule is COC(=O)N1CCCC1c1cccc(C(=O)c2ccc3[nH]ccc3c2)c1. The van der Waals surface area contributed by atoms with Gasteiger partial charge in [-0.15, -0.1) is 0 Å². The summed E-state index contributed by atoms with van der Waals surface area (Å²) in [6, 6.07) is 15.1. The molecule has 1 unspecified atom stereocenters. The van der Waals surface area contributed by atoms with Crippen LogP contribution in [-0.4, -0.2) is 35.4 Å². The van der Waals surface area contributed by atoms with Crippen molar-refractivity contribution in [2.75, 3.05) is 13.7 Å². The molecule has 26 heavy (non-hydrogen) atoms. The predicted octanol–water partition coefficient (Wildman–Crippen LogP) is 4.30. The standard InChI is InChI=1S/C21H20N2O3/c1-26-21(25)23-11-3-6-19(23)15-4-2-5-16(13-15)20(24)17-7-8-18-14(12-17)9-10-22-18/h2,4-5,7-10,12-13,19,22H,3,6,11H2,1H3. The molecule has 2 heterocycles. The molecule has 1 aliphatic rings. The number of aromatic nitrogens is 1. The molecule has 0 radical (unpaired) electrons. The third-order valence-electron chi connectivity index (χ3n) is 5.01. The van der Waals surface area contributed by atoms with Gasteiger partial charge in [-0.2, -0.15) is 0 Å². The van der Waals surface area contributed by atoms with Crippen LogP contribution in [0.5, 0.6) is 0 Å². The van der Waals surface area contributed by atoms with Crippen LogP contribution in [0.3, 0.4) is 0 Å². The highest BCUT2D eigenvalue weighted by atomic mass is 16.5. The number of H-pyrrole nitrogens is 1. The molecule has 5 nitrogen and oxygen atoms in total. The number of benzene rings is 2. The lowest BCUT2D eigenvalue weighted by atomic mass is 9.97. The van der Waals surface area contributed by atoms with E-state index in [2.05, 4.69) is 4.98 Å². The number of methoxy groups -OCH3 is 1. The van der Waals surface area contributed by atoms with E-state index in [1.807, 2.05) is 54.7 Å². The number of fused-ring (bicyclic) bond motifs is 1. The van der Waals surface area contributed by atoms with E-state index in [4.69, 9.17) is 4.74 Å². The molecule has 1 fully saturated rings. The fourth-order valence-corrected chi connectivity index (χ4v) is 3.70. The second kappa shape index (κ2) is 6.67. The van der Waals surface area contributed by atoms with E-state index < -0.39 is 0 Å². The summed E-state index contributed by atoms with van der Waals surface area (Å²) in [6.45, 7) is 0.680. The molecule has 0 spiro atoms. The van der Waals surface area contributed by atoms with Gasteiger partial charge in [-0.3, -0.25) is 4.79 Å². The number of nitrogens with zero attached hydrogens (tertiary/aromatic N) is 1. The van der Waals surface area contributed by atoms with E-state index in [9.17, 15) is 9.59 Å². The molecule has 132 valence electrons. The van der Waals surface area contributed by atoms with Crippen molar-refractivity contribution >= 4 is 22.8 Å². The molecule has 5 heteroatoms. The van der Waals surface area contributed by atoms with Crippen molar-refractivity contribution in [3.63, 3.8) is 0 Å². The summed E-state index contributed by atoms with van der Waals surface area (Å²) in [5.41, 5.74) is 3.27. The molecule has 4 rings (SSSR count). The Morgan fingerprint density at radius 2 is 1.96 bits per heavy atom. The molecule has 1 N–H and O–H groups in total. The number of ketones is 1. The fourth-order valence-electron chi connectivity index (χ4n) is 3.70. The van der Waals surface area contributed by atoms with Gasteiger partial charge >= 0.3 is 6.09 Å². The number of amides is 1. The van der Waals surface area contributed by atoms with Gasteiger partial charge in [-0.1, -0.05) is 18.2 Å². The van der Waals surface area contributed by atoms with Crippen LogP contribution in [0.2, 0.25) is 0 Å². The lowest BCUT2D eigenvalue weighted by molar-refractivity contribution is 0.103. The highest BCUT2D eigenvalue weighted by Crippen LogP contribution is 2.33. The normalized spacial score (nSPS) is 16.8. The molecule has 0 aliphatic carbocycles. The lowest BCUT2D eigenvalue weighted by Gasteiger charge is -2.23. The predicted molar refractivity (Wildman–Crippen MR) is 99.3 cm³/mol. The van der Waals surface area contributed by atoms with Gasteiger partial charge in [0, 0.05) is 34.8 Å². The molecule has 1 aliphatic heterocycles. The minimum absolute atomic E-state index is 0.0161.